The van der Waals surface area contributed by atoms with Gasteiger partial charge in [-0.25, -0.2) is 4.79 Å². The Kier molecular flexibility index (Phi) is 4.79. The third-order valence-electron chi connectivity index (χ3n) is 3.87. The lowest BCUT2D eigenvalue weighted by molar-refractivity contribution is -0.143. The lowest BCUT2D eigenvalue weighted by Crippen LogP contribution is -2.55. The summed E-state index contributed by atoms with van der Waals surface area (Å²) >= 11 is 0. The van der Waals surface area contributed by atoms with Crippen LogP contribution in [0.2, 0.25) is 0 Å². The van der Waals surface area contributed by atoms with E-state index in [1.54, 1.807) is 24.2 Å². The number of urea groups is 1. The van der Waals surface area contributed by atoms with Gasteiger partial charge in [0.1, 0.15) is 6.04 Å². The van der Waals surface area contributed by atoms with Crippen molar-refractivity contribution in [3.8, 4) is 0 Å². The van der Waals surface area contributed by atoms with Crippen LogP contribution in [0, 0.1) is 0 Å². The van der Waals surface area contributed by atoms with E-state index in [-0.39, 0.29) is 12.1 Å². The summed E-state index contributed by atoms with van der Waals surface area (Å²) in [6.45, 7) is 5.76. The molecule has 1 aliphatic heterocycles. The summed E-state index contributed by atoms with van der Waals surface area (Å²) in [5.41, 5.74) is 0.918. The van der Waals surface area contributed by atoms with Crippen molar-refractivity contribution in [1.29, 1.82) is 0 Å². The third-order valence-corrected chi connectivity index (χ3v) is 3.87. The van der Waals surface area contributed by atoms with Crippen molar-refractivity contribution in [2.45, 2.75) is 25.9 Å². The van der Waals surface area contributed by atoms with Gasteiger partial charge in [-0.15, -0.1) is 0 Å². The molecule has 0 bridgehead atoms. The first-order valence-electron chi connectivity index (χ1n) is 7.00. The highest BCUT2D eigenvalue weighted by Gasteiger charge is 2.27. The zero-order chi connectivity index (χ0) is 15.4. The molecule has 1 aromatic rings. The van der Waals surface area contributed by atoms with Crippen molar-refractivity contribution in [3.05, 3.63) is 18.0 Å². The predicted molar refractivity (Wildman–Crippen MR) is 75.8 cm³/mol. The van der Waals surface area contributed by atoms with Crippen LogP contribution in [-0.4, -0.2) is 69.3 Å². The fourth-order valence-corrected chi connectivity index (χ4v) is 2.33. The van der Waals surface area contributed by atoms with Crippen LogP contribution in [0.3, 0.4) is 0 Å². The summed E-state index contributed by atoms with van der Waals surface area (Å²) < 4.78 is 0. The summed E-state index contributed by atoms with van der Waals surface area (Å²) in [5, 5.41) is 18.5. The largest absolute Gasteiger partial charge is 0.480 e. The monoisotopic (exact) mass is 295 g/mol. The number of carbonyl (C=O) groups is 2. The number of carboxylic acid groups (broad SMARTS) is 1. The lowest BCUT2D eigenvalue weighted by Gasteiger charge is -2.36. The minimum absolute atomic E-state index is 0.118. The van der Waals surface area contributed by atoms with E-state index in [0.717, 1.165) is 5.56 Å². The molecular formula is C13H21N5O3. The second kappa shape index (κ2) is 6.57. The minimum atomic E-state index is -0.832. The van der Waals surface area contributed by atoms with Gasteiger partial charge in [-0.05, 0) is 13.8 Å². The average Bonchev–Trinajstić information content (AvgIpc) is 3.00. The number of nitrogens with one attached hydrogen (secondary N) is 2. The standard InChI is InChI=1S/C13H21N5O3/c1-9(11-7-14-15-8-11)16-13(21)18-5-3-17(4-6-18)10(2)12(19)20/h7-10H,3-6H2,1-2H3,(H,14,15)(H,16,21)(H,19,20). The van der Waals surface area contributed by atoms with E-state index in [1.807, 2.05) is 11.8 Å². The first-order chi connectivity index (χ1) is 9.99. The molecule has 21 heavy (non-hydrogen) atoms. The maximum absolute atomic E-state index is 12.2. The number of hydrogen-bond acceptors (Lipinski definition) is 4. The number of aliphatic carboxylic acids is 1. The molecule has 0 aromatic carbocycles. The molecule has 0 aliphatic carbocycles. The van der Waals surface area contributed by atoms with E-state index in [1.165, 1.54) is 0 Å². The number of nitrogens with zero attached hydrogens (tertiary/aromatic N) is 3. The van der Waals surface area contributed by atoms with Crippen molar-refractivity contribution in [2.75, 3.05) is 26.2 Å². The topological polar surface area (TPSA) is 102 Å². The van der Waals surface area contributed by atoms with Gasteiger partial charge in [-0.3, -0.25) is 14.8 Å². The van der Waals surface area contributed by atoms with Gasteiger partial charge in [0, 0.05) is 37.9 Å². The summed E-state index contributed by atoms with van der Waals surface area (Å²) in [6.07, 6.45) is 3.43. The molecule has 1 fully saturated rings. The number of aromatic amines is 1. The van der Waals surface area contributed by atoms with Crippen LogP contribution in [0.25, 0.3) is 0 Å². The van der Waals surface area contributed by atoms with Gasteiger partial charge >= 0.3 is 12.0 Å². The summed E-state index contributed by atoms with van der Waals surface area (Å²) in [7, 11) is 0. The lowest BCUT2D eigenvalue weighted by atomic mass is 10.2. The average molecular weight is 295 g/mol. The van der Waals surface area contributed by atoms with E-state index in [9.17, 15) is 9.59 Å². The Morgan fingerprint density at radius 2 is 2.00 bits per heavy atom. The second-order valence-electron chi connectivity index (χ2n) is 5.24. The fraction of sp³-hybridized carbons (Fsp3) is 0.615. The highest BCUT2D eigenvalue weighted by atomic mass is 16.4. The number of piperazine rings is 1. The van der Waals surface area contributed by atoms with Gasteiger partial charge in [0.2, 0.25) is 0 Å². The Hall–Kier alpha value is -2.09. The van der Waals surface area contributed by atoms with Gasteiger partial charge < -0.3 is 15.3 Å². The molecule has 8 nitrogen and oxygen atoms in total. The molecule has 0 radical (unpaired) electrons. The predicted octanol–water partition coefficient (Wildman–Crippen LogP) is 0.271. The zero-order valence-electron chi connectivity index (χ0n) is 12.2. The van der Waals surface area contributed by atoms with Crippen LogP contribution in [0.5, 0.6) is 0 Å². The van der Waals surface area contributed by atoms with Gasteiger partial charge in [0.05, 0.1) is 12.2 Å². The van der Waals surface area contributed by atoms with Gasteiger partial charge in [0.15, 0.2) is 0 Å². The molecule has 1 saturated heterocycles. The molecule has 116 valence electrons. The molecular weight excluding hydrogens is 274 g/mol. The van der Waals surface area contributed by atoms with Crippen molar-refractivity contribution >= 4 is 12.0 Å². The number of H-pyrrole nitrogens is 1. The number of carbonyl (C=O) groups excluding carboxylic acids is 1. The molecule has 1 aliphatic rings. The van der Waals surface area contributed by atoms with Crippen LogP contribution >= 0.6 is 0 Å². The Bertz CT molecular complexity index is 482. The van der Waals surface area contributed by atoms with E-state index >= 15 is 0 Å². The van der Waals surface area contributed by atoms with E-state index in [4.69, 9.17) is 5.11 Å². The molecule has 2 amide bonds. The Morgan fingerprint density at radius 3 is 2.52 bits per heavy atom. The first-order valence-corrected chi connectivity index (χ1v) is 7.00. The SMILES string of the molecule is CC(NC(=O)N1CCN(C(C)C(=O)O)CC1)c1cn[nH]c1. The minimum Gasteiger partial charge on any atom is -0.480 e. The maximum Gasteiger partial charge on any atom is 0.320 e. The highest BCUT2D eigenvalue weighted by molar-refractivity contribution is 5.75. The molecule has 1 aromatic heterocycles. The molecule has 3 N–H and O–H groups in total. The Balaban J connectivity index is 1.82. The van der Waals surface area contributed by atoms with E-state index in [2.05, 4.69) is 15.5 Å². The molecule has 8 heteroatoms. The fourth-order valence-electron chi connectivity index (χ4n) is 2.33. The smallest absolute Gasteiger partial charge is 0.320 e. The Labute approximate surface area is 123 Å². The molecule has 0 spiro atoms. The van der Waals surface area contributed by atoms with Crippen molar-refractivity contribution in [1.82, 2.24) is 25.3 Å². The summed E-state index contributed by atoms with van der Waals surface area (Å²) in [6, 6.07) is -0.765. The number of carboxylic acids is 1. The number of hydrogen-bond donors (Lipinski definition) is 3. The van der Waals surface area contributed by atoms with E-state index in [0.29, 0.717) is 26.2 Å². The van der Waals surface area contributed by atoms with Crippen LogP contribution in [0.15, 0.2) is 12.4 Å². The third kappa shape index (κ3) is 3.72. The quantitative estimate of drug-likeness (QED) is 0.740. The number of rotatable bonds is 4. The van der Waals surface area contributed by atoms with Crippen LogP contribution in [0.4, 0.5) is 4.79 Å². The van der Waals surface area contributed by atoms with Gasteiger partial charge in [-0.2, -0.15) is 5.10 Å². The van der Waals surface area contributed by atoms with E-state index < -0.39 is 12.0 Å². The molecule has 0 saturated carbocycles. The summed E-state index contributed by atoms with van der Waals surface area (Å²) in [4.78, 5) is 26.7. The maximum atomic E-state index is 12.2. The molecule has 2 atom stereocenters. The first kappa shape index (κ1) is 15.3. The van der Waals surface area contributed by atoms with Crippen molar-refractivity contribution in [2.24, 2.45) is 0 Å². The van der Waals surface area contributed by atoms with Gasteiger partial charge in [-0.1, -0.05) is 0 Å². The highest BCUT2D eigenvalue weighted by Crippen LogP contribution is 2.11. The number of amides is 2. The van der Waals surface area contributed by atoms with Crippen molar-refractivity contribution in [3.63, 3.8) is 0 Å². The van der Waals surface area contributed by atoms with Gasteiger partial charge in [0.25, 0.3) is 0 Å². The second-order valence-corrected chi connectivity index (χ2v) is 5.24. The molecule has 2 rings (SSSR count). The van der Waals surface area contributed by atoms with Crippen molar-refractivity contribution < 1.29 is 14.7 Å². The molecule has 2 heterocycles. The normalized spacial score (nSPS) is 19.0. The van der Waals surface area contributed by atoms with Crippen LogP contribution < -0.4 is 5.32 Å². The van der Waals surface area contributed by atoms with Crippen LogP contribution in [-0.2, 0) is 4.79 Å². The Morgan fingerprint density at radius 1 is 1.33 bits per heavy atom. The summed E-state index contributed by atoms with van der Waals surface area (Å²) in [5.74, 6) is -0.832. The zero-order valence-corrected chi connectivity index (χ0v) is 12.2. The number of aromatic nitrogens is 2. The molecule has 2 unspecified atom stereocenters. The van der Waals surface area contributed by atoms with Crippen LogP contribution in [0.1, 0.15) is 25.5 Å².